The molecule has 0 spiro atoms. The highest BCUT2D eigenvalue weighted by Crippen LogP contribution is 2.39. The Bertz CT molecular complexity index is 415. The Kier molecular flexibility index (Phi) is 3.32. The molecular formula is C13H19N3O2. The number of hydrogen-bond acceptors (Lipinski definition) is 5. The van der Waals surface area contributed by atoms with Gasteiger partial charge in [0.25, 0.3) is 0 Å². The highest BCUT2D eigenvalue weighted by atomic mass is 16.5. The first-order valence-corrected chi connectivity index (χ1v) is 6.63. The standard InChI is InChI=1S/C13H19N3O2/c1-17-12-7-11(14-8-10-3-2-6-18-10)15-13(16-12)9-4-5-9/h7,9-10H,2-6,8H2,1H3,(H,14,15,16). The second kappa shape index (κ2) is 5.10. The number of rotatable bonds is 5. The van der Waals surface area contributed by atoms with Crippen LogP contribution in [0, 0.1) is 0 Å². The van der Waals surface area contributed by atoms with Crippen molar-refractivity contribution in [3.8, 4) is 5.88 Å². The quantitative estimate of drug-likeness (QED) is 0.864. The Morgan fingerprint density at radius 1 is 1.39 bits per heavy atom. The van der Waals surface area contributed by atoms with E-state index in [1.807, 2.05) is 6.07 Å². The third kappa shape index (κ3) is 2.72. The van der Waals surface area contributed by atoms with Crippen LogP contribution in [0.15, 0.2) is 6.07 Å². The first-order valence-electron chi connectivity index (χ1n) is 6.63. The zero-order valence-corrected chi connectivity index (χ0v) is 10.7. The molecule has 1 aliphatic carbocycles. The Morgan fingerprint density at radius 3 is 2.94 bits per heavy atom. The fourth-order valence-electron chi connectivity index (χ4n) is 2.19. The van der Waals surface area contributed by atoms with E-state index < -0.39 is 0 Å². The van der Waals surface area contributed by atoms with Gasteiger partial charge in [-0.1, -0.05) is 0 Å². The van der Waals surface area contributed by atoms with Crippen molar-refractivity contribution in [1.29, 1.82) is 0 Å². The minimum atomic E-state index is 0.315. The van der Waals surface area contributed by atoms with Crippen molar-refractivity contribution in [3.05, 3.63) is 11.9 Å². The number of hydrogen-bond donors (Lipinski definition) is 1. The molecule has 2 aliphatic rings. The molecule has 5 nitrogen and oxygen atoms in total. The summed E-state index contributed by atoms with van der Waals surface area (Å²) in [6, 6.07) is 1.85. The van der Waals surface area contributed by atoms with E-state index >= 15 is 0 Å². The second-order valence-electron chi connectivity index (χ2n) is 4.94. The highest BCUT2D eigenvalue weighted by molar-refractivity contribution is 5.39. The maximum absolute atomic E-state index is 5.58. The monoisotopic (exact) mass is 249 g/mol. The van der Waals surface area contributed by atoms with E-state index in [0.717, 1.165) is 37.6 Å². The lowest BCUT2D eigenvalue weighted by atomic mass is 10.2. The lowest BCUT2D eigenvalue weighted by Crippen LogP contribution is -2.19. The second-order valence-corrected chi connectivity index (χ2v) is 4.94. The van der Waals surface area contributed by atoms with Gasteiger partial charge >= 0.3 is 0 Å². The van der Waals surface area contributed by atoms with Crippen molar-refractivity contribution >= 4 is 5.82 Å². The molecule has 1 aromatic rings. The number of ether oxygens (including phenoxy) is 2. The molecule has 1 saturated heterocycles. The molecule has 1 saturated carbocycles. The van der Waals surface area contributed by atoms with E-state index in [9.17, 15) is 0 Å². The van der Waals surface area contributed by atoms with Crippen molar-refractivity contribution in [3.63, 3.8) is 0 Å². The van der Waals surface area contributed by atoms with Gasteiger partial charge in [-0.05, 0) is 25.7 Å². The Hall–Kier alpha value is -1.36. The van der Waals surface area contributed by atoms with Gasteiger partial charge < -0.3 is 14.8 Å². The Morgan fingerprint density at radius 2 is 2.28 bits per heavy atom. The van der Waals surface area contributed by atoms with Crippen LogP contribution in [0.3, 0.4) is 0 Å². The summed E-state index contributed by atoms with van der Waals surface area (Å²) in [7, 11) is 1.64. The molecule has 0 radical (unpaired) electrons. The summed E-state index contributed by atoms with van der Waals surface area (Å²) in [6.07, 6.45) is 4.99. The van der Waals surface area contributed by atoms with E-state index in [4.69, 9.17) is 9.47 Å². The van der Waals surface area contributed by atoms with Crippen LogP contribution in [0.5, 0.6) is 5.88 Å². The SMILES string of the molecule is COc1cc(NCC2CCCO2)nc(C2CC2)n1. The molecule has 1 N–H and O–H groups in total. The van der Waals surface area contributed by atoms with Crippen LogP contribution in [0.4, 0.5) is 5.82 Å². The van der Waals surface area contributed by atoms with E-state index in [0.29, 0.717) is 17.9 Å². The van der Waals surface area contributed by atoms with Crippen molar-refractivity contribution in [2.45, 2.75) is 37.7 Å². The fraction of sp³-hybridized carbons (Fsp3) is 0.692. The topological polar surface area (TPSA) is 56.3 Å². The molecule has 0 amide bonds. The van der Waals surface area contributed by atoms with Crippen LogP contribution in [0.2, 0.25) is 0 Å². The third-order valence-electron chi connectivity index (χ3n) is 3.41. The minimum absolute atomic E-state index is 0.315. The lowest BCUT2D eigenvalue weighted by Gasteiger charge is -2.12. The molecule has 18 heavy (non-hydrogen) atoms. The van der Waals surface area contributed by atoms with E-state index in [1.165, 1.54) is 12.8 Å². The smallest absolute Gasteiger partial charge is 0.218 e. The van der Waals surface area contributed by atoms with E-state index in [-0.39, 0.29) is 0 Å². The summed E-state index contributed by atoms with van der Waals surface area (Å²) in [5.41, 5.74) is 0. The van der Waals surface area contributed by atoms with Crippen molar-refractivity contribution in [1.82, 2.24) is 9.97 Å². The molecule has 5 heteroatoms. The van der Waals surface area contributed by atoms with Crippen LogP contribution < -0.4 is 10.1 Å². The van der Waals surface area contributed by atoms with Gasteiger partial charge in [-0.15, -0.1) is 0 Å². The molecule has 2 heterocycles. The van der Waals surface area contributed by atoms with Crippen LogP contribution in [0.1, 0.15) is 37.4 Å². The highest BCUT2D eigenvalue weighted by Gasteiger charge is 2.27. The summed E-state index contributed by atoms with van der Waals surface area (Å²) in [5.74, 6) is 2.92. The summed E-state index contributed by atoms with van der Waals surface area (Å²) in [4.78, 5) is 8.94. The maximum Gasteiger partial charge on any atom is 0.218 e. The van der Waals surface area contributed by atoms with Gasteiger partial charge in [-0.25, -0.2) is 4.98 Å². The fourth-order valence-corrected chi connectivity index (χ4v) is 2.19. The summed E-state index contributed by atoms with van der Waals surface area (Å²) in [6.45, 7) is 1.69. The van der Waals surface area contributed by atoms with Gasteiger partial charge in [0.2, 0.25) is 5.88 Å². The number of nitrogens with one attached hydrogen (secondary N) is 1. The first-order chi connectivity index (χ1) is 8.85. The minimum Gasteiger partial charge on any atom is -0.481 e. The predicted molar refractivity (Wildman–Crippen MR) is 68.0 cm³/mol. The normalized spacial score (nSPS) is 23.1. The van der Waals surface area contributed by atoms with E-state index in [2.05, 4.69) is 15.3 Å². The van der Waals surface area contributed by atoms with Gasteiger partial charge in [-0.3, -0.25) is 0 Å². The summed E-state index contributed by atoms with van der Waals surface area (Å²) >= 11 is 0. The van der Waals surface area contributed by atoms with Gasteiger partial charge in [0.15, 0.2) is 0 Å². The van der Waals surface area contributed by atoms with Crippen LogP contribution in [0.25, 0.3) is 0 Å². The first kappa shape index (κ1) is 11.7. The van der Waals surface area contributed by atoms with Crippen LogP contribution in [-0.2, 0) is 4.74 Å². The average Bonchev–Trinajstić information content (AvgIpc) is 3.13. The number of methoxy groups -OCH3 is 1. The molecule has 1 aromatic heterocycles. The molecule has 0 aromatic carbocycles. The number of nitrogens with zero attached hydrogens (tertiary/aromatic N) is 2. The van der Waals surface area contributed by atoms with Gasteiger partial charge in [0, 0.05) is 25.1 Å². The molecule has 1 aliphatic heterocycles. The Labute approximate surface area is 107 Å². The predicted octanol–water partition coefficient (Wildman–Crippen LogP) is 1.95. The Balaban J connectivity index is 1.67. The van der Waals surface area contributed by atoms with Crippen molar-refractivity contribution < 1.29 is 9.47 Å². The van der Waals surface area contributed by atoms with Crippen molar-refractivity contribution in [2.24, 2.45) is 0 Å². The van der Waals surface area contributed by atoms with Gasteiger partial charge in [-0.2, -0.15) is 4.98 Å². The van der Waals surface area contributed by atoms with Gasteiger partial charge in [0.05, 0.1) is 13.2 Å². The zero-order chi connectivity index (χ0) is 12.4. The molecule has 1 unspecified atom stereocenters. The maximum atomic E-state index is 5.58. The van der Waals surface area contributed by atoms with E-state index in [1.54, 1.807) is 7.11 Å². The summed E-state index contributed by atoms with van der Waals surface area (Å²) in [5, 5.41) is 3.33. The number of anilines is 1. The largest absolute Gasteiger partial charge is 0.481 e. The van der Waals surface area contributed by atoms with Crippen LogP contribution >= 0.6 is 0 Å². The molecule has 98 valence electrons. The van der Waals surface area contributed by atoms with Gasteiger partial charge in [0.1, 0.15) is 11.6 Å². The van der Waals surface area contributed by atoms with Crippen LogP contribution in [-0.4, -0.2) is 36.3 Å². The molecule has 2 fully saturated rings. The van der Waals surface area contributed by atoms with Crippen molar-refractivity contribution in [2.75, 3.05) is 25.6 Å². The third-order valence-corrected chi connectivity index (χ3v) is 3.41. The average molecular weight is 249 g/mol. The lowest BCUT2D eigenvalue weighted by molar-refractivity contribution is 0.120. The number of aromatic nitrogens is 2. The summed E-state index contributed by atoms with van der Waals surface area (Å²) < 4.78 is 10.8. The molecule has 0 bridgehead atoms. The molecule has 3 rings (SSSR count). The molecular weight excluding hydrogens is 230 g/mol. The zero-order valence-electron chi connectivity index (χ0n) is 10.7. The molecule has 1 atom stereocenters.